The maximum absolute atomic E-state index is 2.40. The number of hydrogen-bond acceptors (Lipinski definition) is 0. The molecule has 7 rings (SSSR count). The van der Waals surface area contributed by atoms with Crippen molar-refractivity contribution in [3.05, 3.63) is 133 Å². The summed E-state index contributed by atoms with van der Waals surface area (Å²) in [4.78, 5) is 0. The quantitative estimate of drug-likeness (QED) is 0.281. The zero-order chi connectivity index (χ0) is 21.1. The van der Waals surface area contributed by atoms with Gasteiger partial charge in [-0.25, -0.2) is 0 Å². The summed E-state index contributed by atoms with van der Waals surface area (Å²) in [6.07, 6.45) is 2.20. The Balaban J connectivity index is 1.48. The Morgan fingerprint density at radius 2 is 1.28 bits per heavy atom. The fourth-order valence-corrected chi connectivity index (χ4v) is 5.40. The van der Waals surface area contributed by atoms with Gasteiger partial charge in [0, 0.05) is 39.7 Å². The van der Waals surface area contributed by atoms with E-state index in [2.05, 4.69) is 131 Å². The Hall–Kier alpha value is -4.17. The van der Waals surface area contributed by atoms with Crippen LogP contribution in [0.3, 0.4) is 0 Å². The first-order valence-corrected chi connectivity index (χ1v) is 11.1. The molecular formula is C30H21N2+. The second-order valence-corrected chi connectivity index (χ2v) is 8.45. The van der Waals surface area contributed by atoms with Gasteiger partial charge in [-0.3, -0.25) is 0 Å². The Labute approximate surface area is 186 Å². The molecule has 0 aliphatic carbocycles. The van der Waals surface area contributed by atoms with E-state index in [1.807, 2.05) is 0 Å². The highest BCUT2D eigenvalue weighted by Gasteiger charge is 2.36. The van der Waals surface area contributed by atoms with Crippen molar-refractivity contribution in [1.29, 1.82) is 0 Å². The number of nitrogens with zero attached hydrogens (tertiary/aromatic N) is 2. The van der Waals surface area contributed by atoms with Crippen LogP contribution in [0.1, 0.15) is 17.2 Å². The predicted octanol–water partition coefficient (Wildman–Crippen LogP) is 6.69. The van der Waals surface area contributed by atoms with Gasteiger partial charge in [-0.1, -0.05) is 66.7 Å². The van der Waals surface area contributed by atoms with Crippen molar-refractivity contribution in [2.75, 3.05) is 0 Å². The van der Waals surface area contributed by atoms with Crippen molar-refractivity contribution < 1.29 is 4.57 Å². The third kappa shape index (κ3) is 2.38. The predicted molar refractivity (Wildman–Crippen MR) is 130 cm³/mol. The summed E-state index contributed by atoms with van der Waals surface area (Å²) in [6.45, 7) is 0. The molecule has 6 aromatic rings. The summed E-state index contributed by atoms with van der Waals surface area (Å²) in [5, 5.41) is 2.58. The van der Waals surface area contributed by atoms with Crippen LogP contribution in [0.25, 0.3) is 38.8 Å². The summed E-state index contributed by atoms with van der Waals surface area (Å²) in [7, 11) is 0. The van der Waals surface area contributed by atoms with Crippen LogP contribution in [0.2, 0.25) is 0 Å². The van der Waals surface area contributed by atoms with Gasteiger partial charge in [0.1, 0.15) is 0 Å². The average Bonchev–Trinajstić information content (AvgIpc) is 3.37. The standard InChI is InChI=1S/C30H21N2/c1-2-15-26-25(14-1)27-16-7-8-19-31(27)30(26)21-10-9-11-22(20-21)32-28-17-5-3-12-23(28)24-13-4-6-18-29(24)32/h1-20,30H/q+1. The fraction of sp³-hybridized carbons (Fsp3) is 0.0333. The molecule has 0 N–H and O–H groups in total. The zero-order valence-electron chi connectivity index (χ0n) is 17.5. The third-order valence-corrected chi connectivity index (χ3v) is 6.72. The molecule has 2 nitrogen and oxygen atoms in total. The average molecular weight is 410 g/mol. The van der Waals surface area contributed by atoms with Gasteiger partial charge in [-0.15, -0.1) is 0 Å². The zero-order valence-corrected chi connectivity index (χ0v) is 17.5. The summed E-state index contributed by atoms with van der Waals surface area (Å²) in [5.74, 6) is 0. The molecule has 1 unspecified atom stereocenters. The number of fused-ring (bicyclic) bond motifs is 6. The molecule has 2 aromatic heterocycles. The molecule has 1 aliphatic heterocycles. The van der Waals surface area contributed by atoms with Crippen LogP contribution in [0, 0.1) is 0 Å². The van der Waals surface area contributed by atoms with E-state index < -0.39 is 0 Å². The number of benzene rings is 4. The minimum absolute atomic E-state index is 0.176. The smallest absolute Gasteiger partial charge is 0.213 e. The van der Waals surface area contributed by atoms with E-state index in [9.17, 15) is 0 Å². The molecule has 0 amide bonds. The lowest BCUT2D eigenvalue weighted by Crippen LogP contribution is -2.38. The van der Waals surface area contributed by atoms with Gasteiger partial charge in [0.15, 0.2) is 6.20 Å². The summed E-state index contributed by atoms with van der Waals surface area (Å²) >= 11 is 0. The molecule has 0 saturated carbocycles. The van der Waals surface area contributed by atoms with E-state index in [0.717, 1.165) is 0 Å². The largest absolute Gasteiger partial charge is 0.309 e. The first kappa shape index (κ1) is 17.5. The molecule has 1 aliphatic rings. The van der Waals surface area contributed by atoms with E-state index in [-0.39, 0.29) is 6.04 Å². The van der Waals surface area contributed by atoms with Gasteiger partial charge < -0.3 is 4.57 Å². The van der Waals surface area contributed by atoms with E-state index >= 15 is 0 Å². The maximum atomic E-state index is 2.40. The minimum Gasteiger partial charge on any atom is -0.309 e. The molecule has 32 heavy (non-hydrogen) atoms. The van der Waals surface area contributed by atoms with Gasteiger partial charge in [0.05, 0.1) is 16.6 Å². The van der Waals surface area contributed by atoms with Crippen molar-refractivity contribution >= 4 is 21.8 Å². The van der Waals surface area contributed by atoms with Crippen molar-refractivity contribution in [2.45, 2.75) is 6.04 Å². The normalized spacial score (nSPS) is 14.6. The number of para-hydroxylation sites is 2. The summed E-state index contributed by atoms with van der Waals surface area (Å²) in [6, 6.07) is 41.8. The molecule has 0 spiro atoms. The number of rotatable bonds is 2. The molecule has 1 atom stereocenters. The number of aromatic nitrogens is 2. The van der Waals surface area contributed by atoms with Crippen molar-refractivity contribution in [2.24, 2.45) is 0 Å². The van der Waals surface area contributed by atoms with Crippen LogP contribution < -0.4 is 4.57 Å². The SMILES string of the molecule is c1cc(C2c3ccccc3-c3cccc[n+]32)cc(-n2c3ccccc3c3ccccc32)c1. The second-order valence-electron chi connectivity index (χ2n) is 8.45. The third-order valence-electron chi connectivity index (χ3n) is 6.72. The van der Waals surface area contributed by atoms with Crippen molar-refractivity contribution in [3.8, 4) is 16.9 Å². The van der Waals surface area contributed by atoms with Crippen molar-refractivity contribution in [3.63, 3.8) is 0 Å². The topological polar surface area (TPSA) is 8.81 Å². The lowest BCUT2D eigenvalue weighted by molar-refractivity contribution is -0.688. The molecular weight excluding hydrogens is 388 g/mol. The van der Waals surface area contributed by atoms with E-state index in [1.54, 1.807) is 0 Å². The second kappa shape index (κ2) is 6.66. The molecule has 0 radical (unpaired) electrons. The highest BCUT2D eigenvalue weighted by Crippen LogP contribution is 2.38. The van der Waals surface area contributed by atoms with Crippen LogP contribution in [0.4, 0.5) is 0 Å². The van der Waals surface area contributed by atoms with Crippen LogP contribution in [-0.2, 0) is 0 Å². The molecule has 3 heterocycles. The first-order valence-electron chi connectivity index (χ1n) is 11.1. The molecule has 150 valence electrons. The van der Waals surface area contributed by atoms with Gasteiger partial charge >= 0.3 is 0 Å². The highest BCUT2D eigenvalue weighted by molar-refractivity contribution is 6.09. The van der Waals surface area contributed by atoms with E-state index in [1.165, 1.54) is 49.9 Å². The Bertz CT molecular complexity index is 1540. The molecule has 0 fully saturated rings. The van der Waals surface area contributed by atoms with Gasteiger partial charge in [-0.05, 0) is 36.4 Å². The van der Waals surface area contributed by atoms with Crippen LogP contribution in [-0.4, -0.2) is 4.57 Å². The monoisotopic (exact) mass is 409 g/mol. The molecule has 0 bridgehead atoms. The molecule has 0 saturated heterocycles. The maximum Gasteiger partial charge on any atom is 0.213 e. The Morgan fingerprint density at radius 3 is 2.09 bits per heavy atom. The first-order chi connectivity index (χ1) is 15.9. The van der Waals surface area contributed by atoms with Crippen molar-refractivity contribution in [1.82, 2.24) is 4.57 Å². The summed E-state index contributed by atoms with van der Waals surface area (Å²) < 4.78 is 4.79. The summed E-state index contributed by atoms with van der Waals surface area (Å²) in [5.41, 5.74) is 8.93. The number of hydrogen-bond donors (Lipinski definition) is 0. The van der Waals surface area contributed by atoms with Gasteiger partial charge in [0.25, 0.3) is 0 Å². The van der Waals surface area contributed by atoms with Gasteiger partial charge in [-0.2, -0.15) is 4.57 Å². The lowest BCUT2D eigenvalue weighted by atomic mass is 9.97. The van der Waals surface area contributed by atoms with E-state index in [4.69, 9.17) is 0 Å². The Morgan fingerprint density at radius 1 is 0.594 bits per heavy atom. The molecule has 2 heteroatoms. The minimum atomic E-state index is 0.176. The van der Waals surface area contributed by atoms with Gasteiger partial charge in [0.2, 0.25) is 11.7 Å². The number of pyridine rings is 1. The van der Waals surface area contributed by atoms with E-state index in [0.29, 0.717) is 0 Å². The fourth-order valence-electron chi connectivity index (χ4n) is 5.40. The Kier molecular flexibility index (Phi) is 3.65. The van der Waals surface area contributed by atoms with Crippen LogP contribution in [0.5, 0.6) is 0 Å². The lowest BCUT2D eigenvalue weighted by Gasteiger charge is -2.13. The molecule has 4 aromatic carbocycles. The van der Waals surface area contributed by atoms with Crippen LogP contribution >= 0.6 is 0 Å². The van der Waals surface area contributed by atoms with Crippen LogP contribution in [0.15, 0.2) is 121 Å². The highest BCUT2D eigenvalue weighted by atomic mass is 15.0.